The lowest BCUT2D eigenvalue weighted by atomic mass is 9.73. The van der Waals surface area contributed by atoms with Gasteiger partial charge in [0.25, 0.3) is 0 Å². The van der Waals surface area contributed by atoms with E-state index in [1.54, 1.807) is 30.6 Å². The van der Waals surface area contributed by atoms with E-state index in [0.29, 0.717) is 58.0 Å². The number of hydrogen-bond acceptors (Lipinski definition) is 8. The summed E-state index contributed by atoms with van der Waals surface area (Å²) in [6.07, 6.45) is 4.34. The van der Waals surface area contributed by atoms with Crippen molar-refractivity contribution in [2.24, 2.45) is 0 Å². The van der Waals surface area contributed by atoms with Crippen LogP contribution >= 0.6 is 0 Å². The van der Waals surface area contributed by atoms with Crippen molar-refractivity contribution in [2.75, 3.05) is 50.6 Å². The lowest BCUT2D eigenvalue weighted by molar-refractivity contribution is -0.125. The quantitative estimate of drug-likeness (QED) is 0.503. The van der Waals surface area contributed by atoms with Crippen molar-refractivity contribution in [1.29, 1.82) is 0 Å². The van der Waals surface area contributed by atoms with Crippen LogP contribution in [0.1, 0.15) is 18.4 Å². The number of morpholine rings is 1. The van der Waals surface area contributed by atoms with Crippen LogP contribution < -0.4 is 11.1 Å². The fourth-order valence-corrected chi connectivity index (χ4v) is 6.21. The van der Waals surface area contributed by atoms with Crippen molar-refractivity contribution >= 4 is 27.6 Å². The number of anilines is 2. The molecule has 2 aliphatic heterocycles. The fourth-order valence-electron chi connectivity index (χ4n) is 4.76. The number of nitrogen functional groups attached to an aromatic ring is 1. The van der Waals surface area contributed by atoms with Gasteiger partial charge in [-0.25, -0.2) is 18.4 Å². The van der Waals surface area contributed by atoms with Gasteiger partial charge in [0.1, 0.15) is 0 Å². The molecule has 2 saturated heterocycles. The van der Waals surface area contributed by atoms with E-state index in [0.717, 1.165) is 16.7 Å². The maximum atomic E-state index is 13.8. The van der Waals surface area contributed by atoms with Gasteiger partial charge in [0.05, 0.1) is 23.5 Å². The Hall–Kier alpha value is -3.38. The van der Waals surface area contributed by atoms with Gasteiger partial charge in [-0.15, -0.1) is 0 Å². The van der Waals surface area contributed by atoms with Crippen LogP contribution in [0, 0.1) is 0 Å². The normalized spacial score (nSPS) is 18.3. The highest BCUT2D eigenvalue weighted by Gasteiger charge is 2.42. The molecule has 194 valence electrons. The van der Waals surface area contributed by atoms with Crippen molar-refractivity contribution in [3.63, 3.8) is 0 Å². The van der Waals surface area contributed by atoms with Gasteiger partial charge < -0.3 is 20.5 Å². The first-order valence-corrected chi connectivity index (χ1v) is 13.6. The smallest absolute Gasteiger partial charge is 0.243 e. The van der Waals surface area contributed by atoms with Crippen LogP contribution in [0.4, 0.5) is 11.6 Å². The minimum absolute atomic E-state index is 0.142. The number of rotatable bonds is 6. The predicted molar refractivity (Wildman–Crippen MR) is 138 cm³/mol. The Kier molecular flexibility index (Phi) is 7.20. The number of hydrogen-bond donors (Lipinski definition) is 2. The zero-order chi connectivity index (χ0) is 25.9. The Balaban J connectivity index is 1.40. The second kappa shape index (κ2) is 10.5. The number of carbonyl (C=O) groups excluding carboxylic acids is 1. The molecule has 3 N–H and O–H groups in total. The van der Waals surface area contributed by atoms with Gasteiger partial charge >= 0.3 is 0 Å². The molecule has 0 bridgehead atoms. The average molecular weight is 524 g/mol. The molecule has 2 aromatic carbocycles. The van der Waals surface area contributed by atoms with Crippen molar-refractivity contribution in [3.8, 4) is 11.1 Å². The summed E-state index contributed by atoms with van der Waals surface area (Å²) in [6, 6.07) is 14.2. The summed E-state index contributed by atoms with van der Waals surface area (Å²) >= 11 is 0. The summed E-state index contributed by atoms with van der Waals surface area (Å²) in [4.78, 5) is 22.0. The molecule has 5 rings (SSSR count). The van der Waals surface area contributed by atoms with Crippen LogP contribution in [0.5, 0.6) is 0 Å². The molecule has 0 aliphatic carbocycles. The Morgan fingerprint density at radius 1 is 0.919 bits per heavy atom. The summed E-state index contributed by atoms with van der Waals surface area (Å²) in [6.45, 7) is 2.24. The third kappa shape index (κ3) is 5.21. The number of nitrogens with one attached hydrogen (secondary N) is 1. The number of nitrogens with zero attached hydrogens (tertiary/aromatic N) is 3. The van der Waals surface area contributed by atoms with E-state index >= 15 is 0 Å². The number of benzene rings is 2. The van der Waals surface area contributed by atoms with Crippen LogP contribution in [-0.4, -0.2) is 68.1 Å². The number of aromatic nitrogens is 2. The molecule has 0 radical (unpaired) electrons. The van der Waals surface area contributed by atoms with Crippen molar-refractivity contribution in [3.05, 3.63) is 66.5 Å². The van der Waals surface area contributed by atoms with Crippen molar-refractivity contribution in [1.82, 2.24) is 14.3 Å². The molecule has 0 saturated carbocycles. The topological polar surface area (TPSA) is 137 Å². The third-order valence-corrected chi connectivity index (χ3v) is 8.82. The zero-order valence-corrected chi connectivity index (χ0v) is 21.1. The van der Waals surface area contributed by atoms with E-state index < -0.39 is 15.4 Å². The lowest BCUT2D eigenvalue weighted by Crippen LogP contribution is -2.45. The molecular weight excluding hydrogens is 494 g/mol. The minimum Gasteiger partial charge on any atom is -0.381 e. The monoisotopic (exact) mass is 523 g/mol. The summed E-state index contributed by atoms with van der Waals surface area (Å²) < 4.78 is 38.5. The molecular formula is C26H29N5O5S. The van der Waals surface area contributed by atoms with E-state index in [2.05, 4.69) is 15.3 Å². The van der Waals surface area contributed by atoms with Crippen LogP contribution in [0.25, 0.3) is 11.1 Å². The van der Waals surface area contributed by atoms with Gasteiger partial charge in [0.2, 0.25) is 21.9 Å². The van der Waals surface area contributed by atoms with Gasteiger partial charge in [0.15, 0.2) is 0 Å². The number of sulfonamides is 1. The van der Waals surface area contributed by atoms with Gasteiger partial charge in [-0.2, -0.15) is 4.31 Å². The van der Waals surface area contributed by atoms with E-state index in [9.17, 15) is 13.2 Å². The van der Waals surface area contributed by atoms with Gasteiger partial charge in [-0.3, -0.25) is 4.79 Å². The Morgan fingerprint density at radius 2 is 1.57 bits per heavy atom. The van der Waals surface area contributed by atoms with E-state index in [-0.39, 0.29) is 16.8 Å². The van der Waals surface area contributed by atoms with Gasteiger partial charge in [0, 0.05) is 49.9 Å². The Labute approximate surface area is 215 Å². The van der Waals surface area contributed by atoms with E-state index in [4.69, 9.17) is 15.2 Å². The summed E-state index contributed by atoms with van der Waals surface area (Å²) in [5.74, 6) is 0.0142. The molecule has 0 unspecified atom stereocenters. The predicted octanol–water partition coefficient (Wildman–Crippen LogP) is 2.43. The maximum Gasteiger partial charge on any atom is 0.243 e. The largest absolute Gasteiger partial charge is 0.381 e. The molecule has 3 aromatic rings. The summed E-state index contributed by atoms with van der Waals surface area (Å²) in [5, 5.41) is 2.98. The molecule has 0 spiro atoms. The Bertz CT molecular complexity index is 1350. The van der Waals surface area contributed by atoms with Crippen molar-refractivity contribution < 1.29 is 22.7 Å². The molecule has 2 fully saturated rings. The number of amides is 1. The molecule has 2 aliphatic rings. The van der Waals surface area contributed by atoms with Crippen LogP contribution in [0.15, 0.2) is 65.8 Å². The van der Waals surface area contributed by atoms with Crippen LogP contribution in [0.2, 0.25) is 0 Å². The molecule has 37 heavy (non-hydrogen) atoms. The summed E-state index contributed by atoms with van der Waals surface area (Å²) in [7, 11) is -3.68. The third-order valence-electron chi connectivity index (χ3n) is 6.92. The van der Waals surface area contributed by atoms with Gasteiger partial charge in [-0.1, -0.05) is 30.3 Å². The lowest BCUT2D eigenvalue weighted by Gasteiger charge is -2.36. The van der Waals surface area contributed by atoms with Crippen LogP contribution in [0.3, 0.4) is 0 Å². The number of nitrogens with two attached hydrogens (primary N) is 1. The second-order valence-electron chi connectivity index (χ2n) is 9.10. The average Bonchev–Trinajstić information content (AvgIpc) is 2.94. The highest BCUT2D eigenvalue weighted by Crippen LogP contribution is 2.37. The van der Waals surface area contributed by atoms with Crippen LogP contribution in [-0.2, 0) is 29.7 Å². The first kappa shape index (κ1) is 25.3. The summed E-state index contributed by atoms with van der Waals surface area (Å²) in [5.41, 5.74) is 7.81. The molecule has 3 heterocycles. The van der Waals surface area contributed by atoms with Gasteiger partial charge in [-0.05, 0) is 42.2 Å². The molecule has 11 heteroatoms. The first-order valence-electron chi connectivity index (χ1n) is 12.1. The maximum absolute atomic E-state index is 13.8. The fraction of sp³-hybridized carbons (Fsp3) is 0.346. The highest BCUT2D eigenvalue weighted by atomic mass is 32.2. The SMILES string of the molecule is Nc1ncc(-c2ccc(C3(C(=O)Nc4cccc(S(=O)(=O)N5CCOCC5)c4)CCOCC3)cc2)cn1. The van der Waals surface area contributed by atoms with E-state index in [1.807, 2.05) is 24.3 Å². The molecule has 10 nitrogen and oxygen atoms in total. The van der Waals surface area contributed by atoms with E-state index in [1.165, 1.54) is 10.4 Å². The first-order chi connectivity index (χ1) is 17.9. The number of ether oxygens (including phenoxy) is 2. The second-order valence-corrected chi connectivity index (χ2v) is 11.0. The minimum atomic E-state index is -3.68. The highest BCUT2D eigenvalue weighted by molar-refractivity contribution is 7.89. The van der Waals surface area contributed by atoms with Crippen molar-refractivity contribution in [2.45, 2.75) is 23.2 Å². The molecule has 1 amide bonds. The molecule has 0 atom stereocenters. The molecule has 1 aromatic heterocycles. The standard InChI is InChI=1S/C26H29N5O5S/c27-25-28-17-20(18-29-25)19-4-6-21(7-5-19)26(8-12-35-13-9-26)24(32)30-22-2-1-3-23(16-22)37(33,34)31-10-14-36-15-11-31/h1-7,16-18H,8-15H2,(H,30,32)(H2,27,28,29). The number of carbonyl (C=O) groups is 1. The zero-order valence-electron chi connectivity index (χ0n) is 20.3. The Morgan fingerprint density at radius 3 is 2.24 bits per heavy atom.